The molecule has 0 bridgehead atoms. The van der Waals surface area contributed by atoms with Crippen LogP contribution in [0.25, 0.3) is 11.3 Å². The molecule has 3 heterocycles. The Bertz CT molecular complexity index is 860. The summed E-state index contributed by atoms with van der Waals surface area (Å²) in [4.78, 5) is 16.6. The second kappa shape index (κ2) is 6.16. The van der Waals surface area contributed by atoms with Gasteiger partial charge in [0, 0.05) is 29.6 Å². The van der Waals surface area contributed by atoms with Crippen molar-refractivity contribution >= 4 is 11.7 Å². The molecule has 6 nitrogen and oxygen atoms in total. The molecule has 0 fully saturated rings. The fourth-order valence-corrected chi connectivity index (χ4v) is 2.89. The Labute approximate surface area is 138 Å². The number of H-pyrrole nitrogens is 1. The molecular formula is C18H16N4O2. The average Bonchev–Trinajstić information content (AvgIpc) is 3.10. The molecule has 3 aromatic rings. The highest BCUT2D eigenvalue weighted by Crippen LogP contribution is 2.34. The zero-order valence-electron chi connectivity index (χ0n) is 12.9. The van der Waals surface area contributed by atoms with Gasteiger partial charge in [0.15, 0.2) is 5.82 Å². The highest BCUT2D eigenvalue weighted by molar-refractivity contribution is 5.96. The summed E-state index contributed by atoms with van der Waals surface area (Å²) in [5.41, 5.74) is 2.72. The molecule has 0 spiro atoms. The van der Waals surface area contributed by atoms with Crippen LogP contribution in [0.5, 0.6) is 5.75 Å². The van der Waals surface area contributed by atoms with Crippen molar-refractivity contribution in [1.29, 1.82) is 0 Å². The quantitative estimate of drug-likeness (QED) is 0.777. The SMILES string of the molecule is O=C(Nc1cc(-c2ccncc2)[nH]n1)[C@@H]1CCOc2ccccc21. The third-order valence-corrected chi connectivity index (χ3v) is 4.10. The average molecular weight is 320 g/mol. The molecule has 1 aromatic carbocycles. The Morgan fingerprint density at radius 2 is 2.04 bits per heavy atom. The van der Waals surface area contributed by atoms with E-state index in [4.69, 9.17) is 4.74 Å². The number of anilines is 1. The van der Waals surface area contributed by atoms with Crippen LogP contribution in [0.15, 0.2) is 54.9 Å². The molecule has 2 N–H and O–H groups in total. The first-order valence-electron chi connectivity index (χ1n) is 7.79. The number of carbonyl (C=O) groups excluding carboxylic acids is 1. The Kier molecular flexibility index (Phi) is 3.70. The standard InChI is InChI=1S/C18H16N4O2/c23-18(14-7-10-24-16-4-2-1-3-13(14)16)20-17-11-15(21-22-17)12-5-8-19-9-6-12/h1-6,8-9,11,14H,7,10H2,(H2,20,21,22,23)/t14-/m1/s1. The molecule has 2 aromatic heterocycles. The van der Waals surface area contributed by atoms with E-state index in [1.165, 1.54) is 0 Å². The molecule has 120 valence electrons. The first-order chi connectivity index (χ1) is 11.8. The van der Waals surface area contributed by atoms with E-state index in [1.807, 2.05) is 42.5 Å². The van der Waals surface area contributed by atoms with E-state index in [-0.39, 0.29) is 11.8 Å². The van der Waals surface area contributed by atoms with Crippen molar-refractivity contribution in [2.75, 3.05) is 11.9 Å². The molecule has 0 radical (unpaired) electrons. The van der Waals surface area contributed by atoms with Crippen molar-refractivity contribution < 1.29 is 9.53 Å². The van der Waals surface area contributed by atoms with Gasteiger partial charge in [-0.1, -0.05) is 18.2 Å². The molecule has 1 aliphatic heterocycles. The van der Waals surface area contributed by atoms with Gasteiger partial charge < -0.3 is 10.1 Å². The summed E-state index contributed by atoms with van der Waals surface area (Å²) in [6, 6.07) is 13.2. The Hall–Kier alpha value is -3.15. The molecule has 6 heteroatoms. The van der Waals surface area contributed by atoms with Crippen LogP contribution in [0.3, 0.4) is 0 Å². The van der Waals surface area contributed by atoms with Crippen LogP contribution < -0.4 is 10.1 Å². The monoisotopic (exact) mass is 320 g/mol. The Morgan fingerprint density at radius 3 is 2.92 bits per heavy atom. The van der Waals surface area contributed by atoms with Crippen LogP contribution in [-0.4, -0.2) is 27.7 Å². The summed E-state index contributed by atoms with van der Waals surface area (Å²) >= 11 is 0. The van der Waals surface area contributed by atoms with Gasteiger partial charge in [-0.25, -0.2) is 0 Å². The molecule has 1 aliphatic rings. The number of hydrogen-bond acceptors (Lipinski definition) is 4. The van der Waals surface area contributed by atoms with Gasteiger partial charge in [-0.2, -0.15) is 5.10 Å². The maximum absolute atomic E-state index is 12.6. The molecule has 1 amide bonds. The van der Waals surface area contributed by atoms with Crippen LogP contribution in [0.1, 0.15) is 17.9 Å². The summed E-state index contributed by atoms with van der Waals surface area (Å²) < 4.78 is 5.61. The van der Waals surface area contributed by atoms with Crippen molar-refractivity contribution in [2.45, 2.75) is 12.3 Å². The predicted molar refractivity (Wildman–Crippen MR) is 89.7 cm³/mol. The number of rotatable bonds is 3. The number of hydrogen-bond donors (Lipinski definition) is 2. The number of benzene rings is 1. The number of pyridine rings is 1. The highest BCUT2D eigenvalue weighted by atomic mass is 16.5. The van der Waals surface area contributed by atoms with Gasteiger partial charge in [0.2, 0.25) is 5.91 Å². The first kappa shape index (κ1) is 14.4. The molecule has 0 aliphatic carbocycles. The third kappa shape index (κ3) is 2.74. The number of nitrogens with zero attached hydrogens (tertiary/aromatic N) is 2. The molecule has 24 heavy (non-hydrogen) atoms. The van der Waals surface area contributed by atoms with Crippen LogP contribution in [-0.2, 0) is 4.79 Å². The number of carbonyl (C=O) groups is 1. The molecular weight excluding hydrogens is 304 g/mol. The van der Waals surface area contributed by atoms with Gasteiger partial charge >= 0.3 is 0 Å². The minimum atomic E-state index is -0.226. The van der Waals surface area contributed by atoms with Crippen LogP contribution in [0.2, 0.25) is 0 Å². The predicted octanol–water partition coefficient (Wildman–Crippen LogP) is 2.98. The molecule has 0 saturated heterocycles. The highest BCUT2D eigenvalue weighted by Gasteiger charge is 2.27. The summed E-state index contributed by atoms with van der Waals surface area (Å²) in [6.07, 6.45) is 4.09. The minimum Gasteiger partial charge on any atom is -0.493 e. The second-order valence-electron chi connectivity index (χ2n) is 5.62. The van der Waals surface area contributed by atoms with Gasteiger partial charge in [-0.05, 0) is 24.6 Å². The molecule has 0 saturated carbocycles. The van der Waals surface area contributed by atoms with E-state index in [1.54, 1.807) is 12.4 Å². The fourth-order valence-electron chi connectivity index (χ4n) is 2.89. The molecule has 1 atom stereocenters. The lowest BCUT2D eigenvalue weighted by Gasteiger charge is -2.24. The van der Waals surface area contributed by atoms with Gasteiger partial charge in [-0.15, -0.1) is 0 Å². The minimum absolute atomic E-state index is 0.0708. The van der Waals surface area contributed by atoms with E-state index in [0.29, 0.717) is 18.8 Å². The first-order valence-corrected chi connectivity index (χ1v) is 7.79. The second-order valence-corrected chi connectivity index (χ2v) is 5.62. The van der Waals surface area contributed by atoms with E-state index >= 15 is 0 Å². The van der Waals surface area contributed by atoms with Crippen LogP contribution >= 0.6 is 0 Å². The van der Waals surface area contributed by atoms with Gasteiger partial charge in [0.1, 0.15) is 5.75 Å². The number of aromatic nitrogens is 3. The number of para-hydroxylation sites is 1. The van der Waals surface area contributed by atoms with Crippen molar-refractivity contribution in [2.24, 2.45) is 0 Å². The van der Waals surface area contributed by atoms with E-state index in [2.05, 4.69) is 20.5 Å². The Balaban J connectivity index is 1.53. The number of aromatic amines is 1. The van der Waals surface area contributed by atoms with Gasteiger partial charge in [0.05, 0.1) is 18.2 Å². The zero-order chi connectivity index (χ0) is 16.4. The van der Waals surface area contributed by atoms with Crippen molar-refractivity contribution in [1.82, 2.24) is 15.2 Å². The normalized spacial score (nSPS) is 16.1. The van der Waals surface area contributed by atoms with Crippen molar-refractivity contribution in [3.05, 3.63) is 60.4 Å². The lowest BCUT2D eigenvalue weighted by molar-refractivity contribution is -0.118. The smallest absolute Gasteiger partial charge is 0.233 e. The summed E-state index contributed by atoms with van der Waals surface area (Å²) in [6.45, 7) is 0.540. The van der Waals surface area contributed by atoms with Crippen LogP contribution in [0, 0.1) is 0 Å². The number of fused-ring (bicyclic) bond motifs is 1. The van der Waals surface area contributed by atoms with Crippen molar-refractivity contribution in [3.63, 3.8) is 0 Å². The largest absolute Gasteiger partial charge is 0.493 e. The Morgan fingerprint density at radius 1 is 1.21 bits per heavy atom. The third-order valence-electron chi connectivity index (χ3n) is 4.10. The topological polar surface area (TPSA) is 79.9 Å². The maximum Gasteiger partial charge on any atom is 0.233 e. The van der Waals surface area contributed by atoms with E-state index < -0.39 is 0 Å². The lowest BCUT2D eigenvalue weighted by Crippen LogP contribution is -2.26. The molecule has 4 rings (SSSR count). The summed E-state index contributed by atoms with van der Waals surface area (Å²) in [5.74, 6) is 0.994. The van der Waals surface area contributed by atoms with E-state index in [0.717, 1.165) is 22.6 Å². The lowest BCUT2D eigenvalue weighted by atomic mass is 9.92. The van der Waals surface area contributed by atoms with Gasteiger partial charge in [0.25, 0.3) is 0 Å². The van der Waals surface area contributed by atoms with Crippen molar-refractivity contribution in [3.8, 4) is 17.0 Å². The van der Waals surface area contributed by atoms with E-state index in [9.17, 15) is 4.79 Å². The number of ether oxygens (including phenoxy) is 1. The summed E-state index contributed by atoms with van der Waals surface area (Å²) in [7, 11) is 0. The maximum atomic E-state index is 12.6. The molecule has 0 unspecified atom stereocenters. The number of nitrogens with one attached hydrogen (secondary N) is 2. The summed E-state index contributed by atoms with van der Waals surface area (Å²) in [5, 5.41) is 10.00. The fraction of sp³-hybridized carbons (Fsp3) is 0.167. The van der Waals surface area contributed by atoms with Gasteiger partial charge in [-0.3, -0.25) is 14.9 Å². The van der Waals surface area contributed by atoms with Crippen LogP contribution in [0.4, 0.5) is 5.82 Å². The zero-order valence-corrected chi connectivity index (χ0v) is 12.9. The number of amides is 1.